The molecule has 0 bridgehead atoms. The van der Waals surface area contributed by atoms with E-state index in [4.69, 9.17) is 0 Å². The molecular weight excluding hydrogens is 146 g/mol. The van der Waals surface area contributed by atoms with Crippen LogP contribution in [0.5, 0.6) is 0 Å². The number of nitrogens with zero attached hydrogens (tertiary/aromatic N) is 1. The molecule has 12 heavy (non-hydrogen) atoms. The average molecular weight is 160 g/mol. The second-order valence-electron chi connectivity index (χ2n) is 3.58. The largest absolute Gasteiger partial charge is 0.306 e. The van der Waals surface area contributed by atoms with E-state index in [0.717, 1.165) is 5.92 Å². The van der Waals surface area contributed by atoms with Crippen molar-refractivity contribution < 1.29 is 0 Å². The highest BCUT2D eigenvalue weighted by Crippen LogP contribution is 2.25. The van der Waals surface area contributed by atoms with Crippen LogP contribution in [0, 0.1) is 6.07 Å². The third-order valence-corrected chi connectivity index (χ3v) is 2.59. The van der Waals surface area contributed by atoms with Crippen LogP contribution in [0.1, 0.15) is 17.9 Å². The maximum Gasteiger partial charge on any atom is 0.00477 e. The Hall–Kier alpha value is -0.820. The molecule has 2 rings (SSSR count). The fourth-order valence-corrected chi connectivity index (χ4v) is 1.87. The lowest BCUT2D eigenvalue weighted by Crippen LogP contribution is -2.13. The molecule has 1 saturated heterocycles. The van der Waals surface area contributed by atoms with Crippen LogP contribution in [0.4, 0.5) is 0 Å². The monoisotopic (exact) mass is 160 g/mol. The van der Waals surface area contributed by atoms with E-state index >= 15 is 0 Å². The normalized spacial score (nSPS) is 24.6. The molecule has 1 aliphatic heterocycles. The Balaban J connectivity index is 2.11. The number of rotatable bonds is 1. The van der Waals surface area contributed by atoms with Crippen molar-refractivity contribution in [2.24, 2.45) is 0 Å². The molecule has 0 aromatic heterocycles. The lowest BCUT2D eigenvalue weighted by atomic mass is 9.99. The van der Waals surface area contributed by atoms with Crippen LogP contribution in [-0.2, 0) is 0 Å². The first-order chi connectivity index (χ1) is 5.86. The van der Waals surface area contributed by atoms with Gasteiger partial charge in [0.25, 0.3) is 0 Å². The second-order valence-corrected chi connectivity index (χ2v) is 3.58. The summed E-state index contributed by atoms with van der Waals surface area (Å²) in [6, 6.07) is 11.5. The minimum atomic E-state index is 0.743. The van der Waals surface area contributed by atoms with Crippen molar-refractivity contribution in [1.29, 1.82) is 0 Å². The summed E-state index contributed by atoms with van der Waals surface area (Å²) < 4.78 is 0. The number of likely N-dealkylation sites (tertiary alicyclic amines) is 1. The molecule has 0 N–H and O–H groups in total. The first kappa shape index (κ1) is 7.81. The van der Waals surface area contributed by atoms with Gasteiger partial charge < -0.3 is 4.90 Å². The third kappa shape index (κ3) is 1.51. The maximum absolute atomic E-state index is 3.13. The van der Waals surface area contributed by atoms with Gasteiger partial charge in [0.2, 0.25) is 0 Å². The van der Waals surface area contributed by atoms with Crippen molar-refractivity contribution in [2.75, 3.05) is 20.1 Å². The highest BCUT2D eigenvalue weighted by molar-refractivity contribution is 5.20. The molecule has 1 nitrogen and oxygen atoms in total. The van der Waals surface area contributed by atoms with E-state index in [1.807, 2.05) is 6.07 Å². The van der Waals surface area contributed by atoms with Crippen LogP contribution in [0.2, 0.25) is 0 Å². The lowest BCUT2D eigenvalue weighted by molar-refractivity contribution is 0.411. The van der Waals surface area contributed by atoms with Crippen LogP contribution < -0.4 is 0 Å². The van der Waals surface area contributed by atoms with E-state index in [1.165, 1.54) is 25.1 Å². The van der Waals surface area contributed by atoms with Gasteiger partial charge in [0.05, 0.1) is 0 Å². The molecule has 1 heteroatoms. The van der Waals surface area contributed by atoms with Crippen LogP contribution >= 0.6 is 0 Å². The Kier molecular flexibility index (Phi) is 2.13. The number of hydrogen-bond donors (Lipinski definition) is 0. The van der Waals surface area contributed by atoms with E-state index in [2.05, 4.69) is 36.2 Å². The standard InChI is InChI=1S/C11H14N/c1-12-8-7-11(9-12)10-5-3-2-4-6-10/h2-3,5-6,11H,7-9H2,1H3/t11-/m0/s1. The van der Waals surface area contributed by atoms with Crippen LogP contribution in [0.15, 0.2) is 24.3 Å². The number of likely N-dealkylation sites (N-methyl/N-ethyl adjacent to an activating group) is 1. The van der Waals surface area contributed by atoms with Gasteiger partial charge in [-0.15, -0.1) is 0 Å². The molecule has 1 aromatic rings. The van der Waals surface area contributed by atoms with Crippen molar-refractivity contribution in [1.82, 2.24) is 4.90 Å². The van der Waals surface area contributed by atoms with Gasteiger partial charge in [-0.05, 0) is 37.6 Å². The van der Waals surface area contributed by atoms with E-state index in [-0.39, 0.29) is 0 Å². The molecule has 1 aliphatic rings. The van der Waals surface area contributed by atoms with Crippen LogP contribution in [-0.4, -0.2) is 25.0 Å². The van der Waals surface area contributed by atoms with Gasteiger partial charge >= 0.3 is 0 Å². The highest BCUT2D eigenvalue weighted by Gasteiger charge is 2.20. The van der Waals surface area contributed by atoms with Crippen LogP contribution in [0.25, 0.3) is 0 Å². The summed E-state index contributed by atoms with van der Waals surface area (Å²) in [6.45, 7) is 2.44. The predicted octanol–water partition coefficient (Wildman–Crippen LogP) is 1.91. The topological polar surface area (TPSA) is 3.24 Å². The zero-order chi connectivity index (χ0) is 8.39. The van der Waals surface area contributed by atoms with Gasteiger partial charge in [-0.25, -0.2) is 0 Å². The van der Waals surface area contributed by atoms with Gasteiger partial charge in [0.15, 0.2) is 0 Å². The van der Waals surface area contributed by atoms with E-state index in [1.54, 1.807) is 0 Å². The molecule has 0 spiro atoms. The Labute approximate surface area is 74.0 Å². The van der Waals surface area contributed by atoms with Gasteiger partial charge in [-0.1, -0.05) is 24.3 Å². The average Bonchev–Trinajstić information content (AvgIpc) is 2.54. The molecule has 0 amide bonds. The molecule has 0 saturated carbocycles. The molecular formula is C11H14N. The smallest absolute Gasteiger partial charge is 0.00477 e. The maximum atomic E-state index is 3.13. The first-order valence-electron chi connectivity index (χ1n) is 4.51. The number of benzene rings is 1. The zero-order valence-corrected chi connectivity index (χ0v) is 7.46. The lowest BCUT2D eigenvalue weighted by Gasteiger charge is -2.09. The molecule has 1 heterocycles. The van der Waals surface area contributed by atoms with Gasteiger partial charge in [-0.2, -0.15) is 0 Å². The zero-order valence-electron chi connectivity index (χ0n) is 7.46. The minimum Gasteiger partial charge on any atom is -0.306 e. The SMILES string of the molecule is CN1CC[C@H](c2c[c]ccc2)C1. The van der Waals surface area contributed by atoms with E-state index in [9.17, 15) is 0 Å². The molecule has 63 valence electrons. The van der Waals surface area contributed by atoms with E-state index in [0.29, 0.717) is 0 Å². The summed E-state index contributed by atoms with van der Waals surface area (Å²) in [5.74, 6) is 0.743. The molecule has 1 aromatic carbocycles. The molecule has 1 fully saturated rings. The second kappa shape index (κ2) is 3.28. The fourth-order valence-electron chi connectivity index (χ4n) is 1.87. The Bertz CT molecular complexity index is 242. The third-order valence-electron chi connectivity index (χ3n) is 2.59. The summed E-state index contributed by atoms with van der Waals surface area (Å²) in [7, 11) is 2.19. The quantitative estimate of drug-likeness (QED) is 0.606. The molecule has 1 atom stereocenters. The Morgan fingerprint density at radius 3 is 3.08 bits per heavy atom. The van der Waals surface area contributed by atoms with Crippen molar-refractivity contribution in [3.63, 3.8) is 0 Å². The molecule has 1 radical (unpaired) electrons. The van der Waals surface area contributed by atoms with Gasteiger partial charge in [-0.3, -0.25) is 0 Å². The predicted molar refractivity (Wildman–Crippen MR) is 50.1 cm³/mol. The summed E-state index contributed by atoms with van der Waals surface area (Å²) in [4.78, 5) is 2.39. The van der Waals surface area contributed by atoms with Crippen LogP contribution in [0.3, 0.4) is 0 Å². The Morgan fingerprint density at radius 1 is 1.58 bits per heavy atom. The molecule has 0 aliphatic carbocycles. The number of hydrogen-bond acceptors (Lipinski definition) is 1. The van der Waals surface area contributed by atoms with Crippen molar-refractivity contribution in [3.05, 3.63) is 35.9 Å². The van der Waals surface area contributed by atoms with E-state index < -0.39 is 0 Å². The summed E-state index contributed by atoms with van der Waals surface area (Å²) >= 11 is 0. The Morgan fingerprint density at radius 2 is 2.50 bits per heavy atom. The summed E-state index contributed by atoms with van der Waals surface area (Å²) in [5.41, 5.74) is 1.45. The minimum absolute atomic E-state index is 0.743. The summed E-state index contributed by atoms with van der Waals surface area (Å²) in [6.07, 6.45) is 1.30. The first-order valence-corrected chi connectivity index (χ1v) is 4.51. The van der Waals surface area contributed by atoms with Gasteiger partial charge in [0, 0.05) is 6.54 Å². The highest BCUT2D eigenvalue weighted by atomic mass is 15.1. The van der Waals surface area contributed by atoms with Crippen molar-refractivity contribution in [2.45, 2.75) is 12.3 Å². The summed E-state index contributed by atoms with van der Waals surface area (Å²) in [5, 5.41) is 0. The van der Waals surface area contributed by atoms with Crippen molar-refractivity contribution >= 4 is 0 Å². The molecule has 0 unspecified atom stereocenters. The van der Waals surface area contributed by atoms with Gasteiger partial charge in [0.1, 0.15) is 0 Å². The fraction of sp³-hybridized carbons (Fsp3) is 0.455. The van der Waals surface area contributed by atoms with Crippen molar-refractivity contribution in [3.8, 4) is 0 Å².